The van der Waals surface area contributed by atoms with Crippen LogP contribution < -0.4 is 4.74 Å². The van der Waals surface area contributed by atoms with Crippen molar-refractivity contribution in [3.05, 3.63) is 48.4 Å². The molecule has 2 aliphatic heterocycles. The van der Waals surface area contributed by atoms with Crippen LogP contribution in [0, 0.1) is 0 Å². The van der Waals surface area contributed by atoms with Crippen LogP contribution in [0.4, 0.5) is 0 Å². The minimum atomic E-state index is -3.65. The smallest absolute Gasteiger partial charge is 0.290 e. The summed E-state index contributed by atoms with van der Waals surface area (Å²) in [6.45, 7) is 1.49. The van der Waals surface area contributed by atoms with Gasteiger partial charge in [-0.05, 0) is 55.7 Å². The normalized spacial score (nSPS) is 20.2. The van der Waals surface area contributed by atoms with Gasteiger partial charge in [-0.3, -0.25) is 9.59 Å². The van der Waals surface area contributed by atoms with E-state index in [4.69, 9.17) is 9.15 Å². The molecule has 0 N–H and O–H groups in total. The maximum Gasteiger partial charge on any atom is 0.290 e. The van der Waals surface area contributed by atoms with Crippen LogP contribution in [0.5, 0.6) is 5.75 Å². The zero-order valence-electron chi connectivity index (χ0n) is 18.0. The topological polar surface area (TPSA) is 100 Å². The second kappa shape index (κ2) is 9.33. The monoisotopic (exact) mass is 461 g/mol. The van der Waals surface area contributed by atoms with Crippen molar-refractivity contribution in [2.45, 2.75) is 30.2 Å². The number of sulfonamides is 1. The zero-order valence-corrected chi connectivity index (χ0v) is 18.8. The van der Waals surface area contributed by atoms with Gasteiger partial charge >= 0.3 is 0 Å². The van der Waals surface area contributed by atoms with Crippen LogP contribution in [0.15, 0.2) is 52.0 Å². The summed E-state index contributed by atoms with van der Waals surface area (Å²) >= 11 is 0. The molecule has 172 valence electrons. The Morgan fingerprint density at radius 3 is 2.34 bits per heavy atom. The molecule has 1 atom stereocenters. The van der Waals surface area contributed by atoms with Gasteiger partial charge in [0.25, 0.3) is 5.91 Å². The number of nitrogens with zero attached hydrogens (tertiary/aromatic N) is 3. The number of methoxy groups -OCH3 is 1. The standard InChI is InChI=1S/C22H27N3O6S/c1-30-17-7-9-18(10-8-17)32(28,29)24-14-12-23(13-15-24)21(26)19-5-2-3-11-25(19)22(27)20-6-4-16-31-20/h4,6-10,16,19H,2-3,5,11-15H2,1H3. The lowest BCUT2D eigenvalue weighted by Crippen LogP contribution is -2.57. The number of benzene rings is 1. The van der Waals surface area contributed by atoms with Crippen LogP contribution in [-0.4, -0.2) is 80.2 Å². The van der Waals surface area contributed by atoms with Crippen LogP contribution in [0.1, 0.15) is 29.8 Å². The third-order valence-corrected chi connectivity index (χ3v) is 7.94. The summed E-state index contributed by atoms with van der Waals surface area (Å²) in [6.07, 6.45) is 3.74. The summed E-state index contributed by atoms with van der Waals surface area (Å²) in [4.78, 5) is 29.5. The van der Waals surface area contributed by atoms with E-state index in [0.29, 0.717) is 18.7 Å². The highest BCUT2D eigenvalue weighted by atomic mass is 32.2. The first kappa shape index (κ1) is 22.3. The van der Waals surface area contributed by atoms with Crippen LogP contribution in [0.25, 0.3) is 0 Å². The lowest BCUT2D eigenvalue weighted by molar-refractivity contribution is -0.138. The molecule has 3 heterocycles. The number of hydrogen-bond acceptors (Lipinski definition) is 6. The highest BCUT2D eigenvalue weighted by Gasteiger charge is 2.38. The fourth-order valence-electron chi connectivity index (χ4n) is 4.23. The van der Waals surface area contributed by atoms with Gasteiger partial charge in [0.2, 0.25) is 15.9 Å². The third-order valence-electron chi connectivity index (χ3n) is 6.03. The lowest BCUT2D eigenvalue weighted by Gasteiger charge is -2.40. The Bertz CT molecular complexity index is 1040. The molecule has 0 aliphatic carbocycles. The van der Waals surface area contributed by atoms with Gasteiger partial charge < -0.3 is 19.0 Å². The average molecular weight is 462 g/mol. The van der Waals surface area contributed by atoms with E-state index in [0.717, 1.165) is 12.8 Å². The first-order chi connectivity index (χ1) is 15.4. The van der Waals surface area contributed by atoms with Gasteiger partial charge in [-0.25, -0.2) is 8.42 Å². The second-order valence-corrected chi connectivity index (χ2v) is 9.83. The van der Waals surface area contributed by atoms with Crippen LogP contribution in [-0.2, 0) is 14.8 Å². The number of piperidine rings is 1. The molecule has 4 rings (SSSR count). The molecule has 1 unspecified atom stereocenters. The first-order valence-electron chi connectivity index (χ1n) is 10.7. The molecule has 9 nitrogen and oxygen atoms in total. The van der Waals surface area contributed by atoms with E-state index in [1.165, 1.54) is 29.8 Å². The van der Waals surface area contributed by atoms with E-state index >= 15 is 0 Å². The van der Waals surface area contributed by atoms with Crippen molar-refractivity contribution >= 4 is 21.8 Å². The van der Waals surface area contributed by atoms with Crippen molar-refractivity contribution in [1.29, 1.82) is 0 Å². The number of amides is 2. The second-order valence-electron chi connectivity index (χ2n) is 7.89. The number of piperazine rings is 1. The summed E-state index contributed by atoms with van der Waals surface area (Å²) in [5, 5.41) is 0. The van der Waals surface area contributed by atoms with Gasteiger partial charge in [-0.1, -0.05) is 0 Å². The van der Waals surface area contributed by atoms with Crippen molar-refractivity contribution in [3.8, 4) is 5.75 Å². The van der Waals surface area contributed by atoms with E-state index in [2.05, 4.69) is 0 Å². The summed E-state index contributed by atoms with van der Waals surface area (Å²) in [5.41, 5.74) is 0. The van der Waals surface area contributed by atoms with Gasteiger partial charge in [-0.2, -0.15) is 4.31 Å². The summed E-state index contributed by atoms with van der Waals surface area (Å²) in [6, 6.07) is 8.96. The van der Waals surface area contributed by atoms with Gasteiger partial charge in [-0.15, -0.1) is 0 Å². The Kier molecular flexibility index (Phi) is 6.52. The van der Waals surface area contributed by atoms with Crippen molar-refractivity contribution in [3.63, 3.8) is 0 Å². The molecular formula is C22H27N3O6S. The van der Waals surface area contributed by atoms with Crippen LogP contribution in [0.3, 0.4) is 0 Å². The minimum Gasteiger partial charge on any atom is -0.497 e. The van der Waals surface area contributed by atoms with Gasteiger partial charge in [0.15, 0.2) is 5.76 Å². The molecule has 0 saturated carbocycles. The quantitative estimate of drug-likeness (QED) is 0.673. The van der Waals surface area contributed by atoms with Gasteiger partial charge in [0.05, 0.1) is 18.3 Å². The molecule has 0 bridgehead atoms. The van der Waals surface area contributed by atoms with E-state index in [9.17, 15) is 18.0 Å². The Balaban J connectivity index is 1.41. The molecule has 32 heavy (non-hydrogen) atoms. The average Bonchev–Trinajstić information content (AvgIpc) is 3.38. The third kappa shape index (κ3) is 4.37. The number of likely N-dealkylation sites (tertiary alicyclic amines) is 1. The molecular weight excluding hydrogens is 434 g/mol. The Morgan fingerprint density at radius 1 is 1.00 bits per heavy atom. The van der Waals surface area contributed by atoms with Gasteiger partial charge in [0.1, 0.15) is 11.8 Å². The Hall–Kier alpha value is -2.85. The maximum absolute atomic E-state index is 13.3. The number of rotatable bonds is 5. The molecule has 0 radical (unpaired) electrons. The largest absolute Gasteiger partial charge is 0.497 e. The lowest BCUT2D eigenvalue weighted by atomic mass is 10.00. The SMILES string of the molecule is COc1ccc(S(=O)(=O)N2CCN(C(=O)C3CCCCN3C(=O)c3ccco3)CC2)cc1. The number of carbonyl (C=O) groups excluding carboxylic acids is 2. The fraction of sp³-hybridized carbons (Fsp3) is 0.455. The molecule has 2 fully saturated rings. The molecule has 2 aliphatic rings. The highest BCUT2D eigenvalue weighted by molar-refractivity contribution is 7.89. The number of ether oxygens (including phenoxy) is 1. The van der Waals surface area contributed by atoms with E-state index in [1.807, 2.05) is 0 Å². The zero-order chi connectivity index (χ0) is 22.7. The fourth-order valence-corrected chi connectivity index (χ4v) is 5.65. The summed E-state index contributed by atoms with van der Waals surface area (Å²) in [7, 11) is -2.13. The first-order valence-corrected chi connectivity index (χ1v) is 12.1. The maximum atomic E-state index is 13.3. The summed E-state index contributed by atoms with van der Waals surface area (Å²) in [5.74, 6) is 0.389. The van der Waals surface area contributed by atoms with Crippen LogP contribution >= 0.6 is 0 Å². The van der Waals surface area contributed by atoms with E-state index in [-0.39, 0.29) is 48.6 Å². The molecule has 2 amide bonds. The molecule has 2 saturated heterocycles. The molecule has 1 aromatic heterocycles. The molecule has 10 heteroatoms. The predicted molar refractivity (Wildman–Crippen MR) is 116 cm³/mol. The number of carbonyl (C=O) groups is 2. The molecule has 0 spiro atoms. The van der Waals surface area contributed by atoms with E-state index in [1.54, 1.807) is 34.1 Å². The van der Waals surface area contributed by atoms with Gasteiger partial charge in [0, 0.05) is 32.7 Å². The van der Waals surface area contributed by atoms with Crippen molar-refractivity contribution in [2.75, 3.05) is 39.8 Å². The highest BCUT2D eigenvalue weighted by Crippen LogP contribution is 2.24. The Morgan fingerprint density at radius 2 is 1.72 bits per heavy atom. The molecule has 1 aromatic carbocycles. The van der Waals surface area contributed by atoms with E-state index < -0.39 is 16.1 Å². The summed E-state index contributed by atoms with van der Waals surface area (Å²) < 4.78 is 37.6. The minimum absolute atomic E-state index is 0.133. The molecule has 2 aromatic rings. The van der Waals surface area contributed by atoms with Crippen molar-refractivity contribution in [2.24, 2.45) is 0 Å². The van der Waals surface area contributed by atoms with Crippen molar-refractivity contribution < 1.29 is 27.2 Å². The van der Waals surface area contributed by atoms with Crippen LogP contribution in [0.2, 0.25) is 0 Å². The predicted octanol–water partition coefficient (Wildman–Crippen LogP) is 1.82. The Labute approximate surface area is 187 Å². The van der Waals surface area contributed by atoms with Crippen molar-refractivity contribution in [1.82, 2.24) is 14.1 Å². The number of hydrogen-bond donors (Lipinski definition) is 0. The number of furan rings is 1.